The molecule has 0 saturated carbocycles. The zero-order chi connectivity index (χ0) is 14.3. The molecule has 5 heteroatoms. The molecule has 104 valence electrons. The van der Waals surface area contributed by atoms with Gasteiger partial charge in [-0.25, -0.2) is 8.78 Å². The molecule has 0 amide bonds. The van der Waals surface area contributed by atoms with Crippen LogP contribution in [0.3, 0.4) is 0 Å². The molecule has 20 heavy (non-hydrogen) atoms. The SMILES string of the molecule is NCc1ccc(N2CCc3ccc(F)cc32)c(F)c1Br. The molecule has 0 radical (unpaired) electrons. The second kappa shape index (κ2) is 5.14. The normalized spacial score (nSPS) is 13.7. The minimum Gasteiger partial charge on any atom is -0.338 e. The number of halogens is 3. The highest BCUT2D eigenvalue weighted by atomic mass is 79.9. The third-order valence-corrected chi connectivity index (χ3v) is 4.45. The van der Waals surface area contributed by atoms with E-state index < -0.39 is 0 Å². The Balaban J connectivity index is 2.09. The van der Waals surface area contributed by atoms with E-state index in [1.54, 1.807) is 23.1 Å². The molecule has 2 aromatic carbocycles. The molecule has 1 aliphatic heterocycles. The van der Waals surface area contributed by atoms with Crippen LogP contribution in [0.4, 0.5) is 20.2 Å². The van der Waals surface area contributed by atoms with Crippen LogP contribution in [0, 0.1) is 11.6 Å². The minimum atomic E-state index is -0.356. The summed E-state index contributed by atoms with van der Waals surface area (Å²) in [7, 11) is 0. The number of hydrogen-bond acceptors (Lipinski definition) is 2. The van der Waals surface area contributed by atoms with Gasteiger partial charge in [0.1, 0.15) is 5.82 Å². The maximum atomic E-state index is 14.5. The monoisotopic (exact) mass is 338 g/mol. The molecular weight excluding hydrogens is 326 g/mol. The highest BCUT2D eigenvalue weighted by Gasteiger charge is 2.24. The van der Waals surface area contributed by atoms with Crippen molar-refractivity contribution < 1.29 is 8.78 Å². The van der Waals surface area contributed by atoms with Gasteiger partial charge in [0.25, 0.3) is 0 Å². The molecule has 2 nitrogen and oxygen atoms in total. The van der Waals surface area contributed by atoms with Gasteiger partial charge in [-0.1, -0.05) is 12.1 Å². The molecule has 0 bridgehead atoms. The van der Waals surface area contributed by atoms with E-state index in [-0.39, 0.29) is 18.2 Å². The first-order valence-corrected chi connectivity index (χ1v) is 7.14. The standard InChI is InChI=1S/C15H13BrF2N2/c16-14-10(8-19)2-4-12(15(14)18)20-6-5-9-1-3-11(17)7-13(9)20/h1-4,7H,5-6,8,19H2. The van der Waals surface area contributed by atoms with Crippen LogP contribution in [-0.2, 0) is 13.0 Å². The Morgan fingerprint density at radius 3 is 2.70 bits per heavy atom. The second-order valence-electron chi connectivity index (χ2n) is 4.75. The summed E-state index contributed by atoms with van der Waals surface area (Å²) < 4.78 is 28.2. The van der Waals surface area contributed by atoms with Crippen LogP contribution in [-0.4, -0.2) is 6.54 Å². The smallest absolute Gasteiger partial charge is 0.161 e. The number of nitrogens with zero attached hydrogens (tertiary/aromatic N) is 1. The van der Waals surface area contributed by atoms with Crippen molar-refractivity contribution in [1.82, 2.24) is 0 Å². The molecule has 0 spiro atoms. The molecule has 2 N–H and O–H groups in total. The highest BCUT2D eigenvalue weighted by Crippen LogP contribution is 2.38. The van der Waals surface area contributed by atoms with Crippen molar-refractivity contribution in [2.24, 2.45) is 5.73 Å². The molecule has 0 fully saturated rings. The summed E-state index contributed by atoms with van der Waals surface area (Å²) in [5.74, 6) is -0.668. The number of anilines is 2. The van der Waals surface area contributed by atoms with E-state index in [0.29, 0.717) is 22.3 Å². The maximum absolute atomic E-state index is 14.5. The number of rotatable bonds is 2. The van der Waals surface area contributed by atoms with Gasteiger partial charge in [-0.15, -0.1) is 0 Å². The Morgan fingerprint density at radius 1 is 1.15 bits per heavy atom. The predicted octanol–water partition coefficient (Wildman–Crippen LogP) is 3.88. The molecule has 1 aliphatic rings. The zero-order valence-electron chi connectivity index (χ0n) is 10.7. The summed E-state index contributed by atoms with van der Waals surface area (Å²) in [5.41, 5.74) is 8.48. The van der Waals surface area contributed by atoms with Crippen LogP contribution in [0.15, 0.2) is 34.8 Å². The van der Waals surface area contributed by atoms with Crippen LogP contribution < -0.4 is 10.6 Å². The predicted molar refractivity (Wildman–Crippen MR) is 79.1 cm³/mol. The lowest BCUT2D eigenvalue weighted by atomic mass is 10.1. The molecule has 3 rings (SSSR count). The second-order valence-corrected chi connectivity index (χ2v) is 5.54. The third kappa shape index (κ3) is 2.11. The van der Waals surface area contributed by atoms with Crippen molar-refractivity contribution in [3.63, 3.8) is 0 Å². The van der Waals surface area contributed by atoms with E-state index in [9.17, 15) is 8.78 Å². The lowest BCUT2D eigenvalue weighted by Gasteiger charge is -2.21. The van der Waals surface area contributed by atoms with Gasteiger partial charge >= 0.3 is 0 Å². The van der Waals surface area contributed by atoms with Gasteiger partial charge < -0.3 is 10.6 Å². The zero-order valence-corrected chi connectivity index (χ0v) is 12.3. The van der Waals surface area contributed by atoms with Crippen molar-refractivity contribution in [2.45, 2.75) is 13.0 Å². The van der Waals surface area contributed by atoms with E-state index in [0.717, 1.165) is 17.7 Å². The molecule has 0 atom stereocenters. The van der Waals surface area contributed by atoms with Crippen molar-refractivity contribution in [3.05, 3.63) is 57.6 Å². The van der Waals surface area contributed by atoms with Crippen molar-refractivity contribution in [3.8, 4) is 0 Å². The molecule has 0 aliphatic carbocycles. The molecule has 2 aromatic rings. The first kappa shape index (κ1) is 13.5. The van der Waals surface area contributed by atoms with Crippen LogP contribution >= 0.6 is 15.9 Å². The number of benzene rings is 2. The van der Waals surface area contributed by atoms with Gasteiger partial charge in [0.15, 0.2) is 5.82 Å². The van der Waals surface area contributed by atoms with E-state index in [1.165, 1.54) is 12.1 Å². The van der Waals surface area contributed by atoms with Gasteiger partial charge in [-0.2, -0.15) is 0 Å². The highest BCUT2D eigenvalue weighted by molar-refractivity contribution is 9.10. The van der Waals surface area contributed by atoms with Gasteiger partial charge in [0.05, 0.1) is 10.2 Å². The lowest BCUT2D eigenvalue weighted by Crippen LogP contribution is -2.15. The molecular formula is C15H13BrF2N2. The van der Waals surface area contributed by atoms with Crippen molar-refractivity contribution in [1.29, 1.82) is 0 Å². The molecule has 0 unspecified atom stereocenters. The first-order chi connectivity index (χ1) is 9.61. The van der Waals surface area contributed by atoms with E-state index >= 15 is 0 Å². The fraction of sp³-hybridized carbons (Fsp3) is 0.200. The number of fused-ring (bicyclic) bond motifs is 1. The van der Waals surface area contributed by atoms with E-state index in [1.807, 2.05) is 0 Å². The van der Waals surface area contributed by atoms with Crippen molar-refractivity contribution >= 4 is 27.3 Å². The summed E-state index contributed by atoms with van der Waals surface area (Å²) in [6.07, 6.45) is 0.783. The summed E-state index contributed by atoms with van der Waals surface area (Å²) in [4.78, 5) is 1.80. The quantitative estimate of drug-likeness (QED) is 0.900. The van der Waals surface area contributed by atoms with Gasteiger partial charge in [0, 0.05) is 18.8 Å². The van der Waals surface area contributed by atoms with Crippen LogP contribution in [0.5, 0.6) is 0 Å². The summed E-state index contributed by atoms with van der Waals surface area (Å²) >= 11 is 3.24. The number of nitrogens with two attached hydrogens (primary N) is 1. The van der Waals surface area contributed by atoms with E-state index in [4.69, 9.17) is 5.73 Å². The van der Waals surface area contributed by atoms with Gasteiger partial charge in [-0.05, 0) is 51.7 Å². The first-order valence-electron chi connectivity index (χ1n) is 6.34. The molecule has 0 saturated heterocycles. The van der Waals surface area contributed by atoms with Crippen LogP contribution in [0.1, 0.15) is 11.1 Å². The Morgan fingerprint density at radius 2 is 1.95 bits per heavy atom. The summed E-state index contributed by atoms with van der Waals surface area (Å²) in [5, 5.41) is 0. The maximum Gasteiger partial charge on any atom is 0.161 e. The fourth-order valence-corrected chi connectivity index (χ4v) is 3.05. The fourth-order valence-electron chi connectivity index (χ4n) is 2.55. The van der Waals surface area contributed by atoms with Crippen LogP contribution in [0.25, 0.3) is 0 Å². The Hall–Kier alpha value is -1.46. The lowest BCUT2D eigenvalue weighted by molar-refractivity contribution is 0.615. The Bertz CT molecular complexity index is 673. The van der Waals surface area contributed by atoms with Crippen molar-refractivity contribution in [2.75, 3.05) is 11.4 Å². The average molecular weight is 339 g/mol. The average Bonchev–Trinajstić information content (AvgIpc) is 2.85. The summed E-state index contributed by atoms with van der Waals surface area (Å²) in [6.45, 7) is 0.910. The van der Waals surface area contributed by atoms with E-state index in [2.05, 4.69) is 15.9 Å². The Labute approximate surface area is 124 Å². The third-order valence-electron chi connectivity index (χ3n) is 3.60. The van der Waals surface area contributed by atoms with Crippen LogP contribution in [0.2, 0.25) is 0 Å². The molecule has 0 aromatic heterocycles. The Kier molecular flexibility index (Phi) is 3.48. The summed E-state index contributed by atoms with van der Waals surface area (Å²) in [6, 6.07) is 8.13. The number of hydrogen-bond donors (Lipinski definition) is 1. The van der Waals surface area contributed by atoms with Gasteiger partial charge in [0.2, 0.25) is 0 Å². The molecule has 1 heterocycles. The topological polar surface area (TPSA) is 29.3 Å². The van der Waals surface area contributed by atoms with Gasteiger partial charge in [-0.3, -0.25) is 0 Å². The largest absolute Gasteiger partial charge is 0.338 e. The minimum absolute atomic E-state index is 0.267.